The van der Waals surface area contributed by atoms with E-state index >= 15 is 0 Å². The summed E-state index contributed by atoms with van der Waals surface area (Å²) in [6, 6.07) is 10.8. The second-order valence-electron chi connectivity index (χ2n) is 4.35. The first kappa shape index (κ1) is 12.7. The average Bonchev–Trinajstić information content (AvgIpc) is 2.28. The number of hydrogen-bond acceptors (Lipinski definition) is 2. The first-order chi connectivity index (χ1) is 7.65. The summed E-state index contributed by atoms with van der Waals surface area (Å²) in [6.07, 6.45) is 0. The van der Waals surface area contributed by atoms with Gasteiger partial charge >= 0.3 is 0 Å². The minimum Gasteiger partial charge on any atom is -0.298 e. The van der Waals surface area contributed by atoms with E-state index in [0.717, 1.165) is 19.6 Å². The summed E-state index contributed by atoms with van der Waals surface area (Å²) in [6.45, 7) is 8.99. The molecule has 0 aliphatic rings. The topological polar surface area (TPSA) is 27.0 Å². The Bertz CT molecular complexity index is 365. The number of rotatable bonds is 5. The third-order valence-electron chi connectivity index (χ3n) is 2.69. The predicted molar refractivity (Wildman–Crippen MR) is 66.9 cm³/mol. The van der Waals surface area contributed by atoms with Gasteiger partial charge in [-0.05, 0) is 26.0 Å². The fourth-order valence-electron chi connectivity index (χ4n) is 1.80. The van der Waals surface area contributed by atoms with E-state index in [1.54, 1.807) is 0 Å². The Labute approximate surface area is 98.5 Å². The molecule has 0 saturated carbocycles. The van der Waals surface area contributed by atoms with E-state index in [2.05, 4.69) is 49.1 Å². The Morgan fingerprint density at radius 2 is 2.19 bits per heavy atom. The lowest BCUT2D eigenvalue weighted by Crippen LogP contribution is -2.27. The average molecular weight is 216 g/mol. The van der Waals surface area contributed by atoms with Crippen LogP contribution >= 0.6 is 0 Å². The SMILES string of the molecule is CCN(Cc1cccc(C)c1)CC(C)C#N. The summed E-state index contributed by atoms with van der Waals surface area (Å²) < 4.78 is 0. The van der Waals surface area contributed by atoms with Crippen LogP contribution in [0.2, 0.25) is 0 Å². The Hall–Kier alpha value is -1.33. The normalized spacial score (nSPS) is 12.4. The minimum absolute atomic E-state index is 0.102. The molecule has 2 nitrogen and oxygen atoms in total. The van der Waals surface area contributed by atoms with Gasteiger partial charge in [-0.15, -0.1) is 0 Å². The quantitative estimate of drug-likeness (QED) is 0.756. The van der Waals surface area contributed by atoms with Crippen molar-refractivity contribution in [3.8, 4) is 6.07 Å². The number of benzene rings is 1. The Morgan fingerprint density at radius 3 is 2.75 bits per heavy atom. The maximum Gasteiger partial charge on any atom is 0.0666 e. The molecule has 1 unspecified atom stereocenters. The predicted octanol–water partition coefficient (Wildman–Crippen LogP) is 2.98. The number of nitrogens with zero attached hydrogens (tertiary/aromatic N) is 2. The standard InChI is InChI=1S/C14H20N2/c1-4-16(10-13(3)9-15)11-14-7-5-6-12(2)8-14/h5-8,13H,4,10-11H2,1-3H3. The summed E-state index contributed by atoms with van der Waals surface area (Å²) in [7, 11) is 0. The molecule has 0 saturated heterocycles. The monoisotopic (exact) mass is 216 g/mol. The van der Waals surface area contributed by atoms with Crippen molar-refractivity contribution in [2.75, 3.05) is 13.1 Å². The van der Waals surface area contributed by atoms with E-state index in [0.29, 0.717) is 0 Å². The van der Waals surface area contributed by atoms with E-state index in [4.69, 9.17) is 5.26 Å². The van der Waals surface area contributed by atoms with Gasteiger partial charge in [0.1, 0.15) is 0 Å². The zero-order chi connectivity index (χ0) is 12.0. The Balaban J connectivity index is 2.60. The molecule has 1 aromatic carbocycles. The van der Waals surface area contributed by atoms with Crippen molar-refractivity contribution in [1.82, 2.24) is 4.90 Å². The minimum atomic E-state index is 0.102. The largest absolute Gasteiger partial charge is 0.298 e. The molecule has 1 aromatic rings. The smallest absolute Gasteiger partial charge is 0.0666 e. The third-order valence-corrected chi connectivity index (χ3v) is 2.69. The first-order valence-electron chi connectivity index (χ1n) is 5.83. The molecule has 1 atom stereocenters. The fourth-order valence-corrected chi connectivity index (χ4v) is 1.80. The molecule has 0 aliphatic carbocycles. The van der Waals surface area contributed by atoms with Crippen LogP contribution in [0.1, 0.15) is 25.0 Å². The molecule has 86 valence electrons. The zero-order valence-electron chi connectivity index (χ0n) is 10.4. The van der Waals surface area contributed by atoms with Gasteiger partial charge in [-0.3, -0.25) is 4.90 Å². The van der Waals surface area contributed by atoms with Gasteiger partial charge in [0.25, 0.3) is 0 Å². The van der Waals surface area contributed by atoms with Crippen LogP contribution in [0.4, 0.5) is 0 Å². The van der Waals surface area contributed by atoms with Gasteiger partial charge in [0.2, 0.25) is 0 Å². The highest BCUT2D eigenvalue weighted by Crippen LogP contribution is 2.09. The lowest BCUT2D eigenvalue weighted by molar-refractivity contribution is 0.260. The van der Waals surface area contributed by atoms with E-state index < -0.39 is 0 Å². The molecular weight excluding hydrogens is 196 g/mol. The van der Waals surface area contributed by atoms with Crippen molar-refractivity contribution in [3.05, 3.63) is 35.4 Å². The van der Waals surface area contributed by atoms with Crippen LogP contribution in [0.5, 0.6) is 0 Å². The molecule has 0 spiro atoms. The summed E-state index contributed by atoms with van der Waals surface area (Å²) in [5, 5.41) is 8.81. The lowest BCUT2D eigenvalue weighted by Gasteiger charge is -2.21. The van der Waals surface area contributed by atoms with Gasteiger partial charge in [0.15, 0.2) is 0 Å². The summed E-state index contributed by atoms with van der Waals surface area (Å²) >= 11 is 0. The lowest BCUT2D eigenvalue weighted by atomic mass is 10.1. The van der Waals surface area contributed by atoms with Gasteiger partial charge in [0.05, 0.1) is 12.0 Å². The molecule has 0 aromatic heterocycles. The summed E-state index contributed by atoms with van der Waals surface area (Å²) in [4.78, 5) is 2.31. The number of hydrogen-bond donors (Lipinski definition) is 0. The van der Waals surface area contributed by atoms with Crippen LogP contribution in [0, 0.1) is 24.2 Å². The molecule has 0 radical (unpaired) electrons. The van der Waals surface area contributed by atoms with Crippen LogP contribution in [-0.2, 0) is 6.54 Å². The molecule has 1 rings (SSSR count). The third kappa shape index (κ3) is 4.04. The maximum atomic E-state index is 8.81. The highest BCUT2D eigenvalue weighted by molar-refractivity contribution is 5.22. The molecule has 0 fully saturated rings. The second kappa shape index (κ2) is 6.30. The fraction of sp³-hybridized carbons (Fsp3) is 0.500. The number of aryl methyl sites for hydroxylation is 1. The van der Waals surface area contributed by atoms with Crippen LogP contribution in [0.25, 0.3) is 0 Å². The van der Waals surface area contributed by atoms with E-state index in [1.807, 2.05) is 6.92 Å². The van der Waals surface area contributed by atoms with Crippen molar-refractivity contribution in [2.24, 2.45) is 5.92 Å². The van der Waals surface area contributed by atoms with Crippen molar-refractivity contribution in [2.45, 2.75) is 27.3 Å². The van der Waals surface area contributed by atoms with Crippen molar-refractivity contribution in [3.63, 3.8) is 0 Å². The molecular formula is C14H20N2. The molecule has 16 heavy (non-hydrogen) atoms. The highest BCUT2D eigenvalue weighted by Gasteiger charge is 2.08. The first-order valence-corrected chi connectivity index (χ1v) is 5.83. The molecule has 0 amide bonds. The van der Waals surface area contributed by atoms with Crippen molar-refractivity contribution in [1.29, 1.82) is 5.26 Å². The number of nitriles is 1. The van der Waals surface area contributed by atoms with Gasteiger partial charge in [-0.2, -0.15) is 5.26 Å². The molecule has 2 heteroatoms. The van der Waals surface area contributed by atoms with Gasteiger partial charge in [-0.1, -0.05) is 36.8 Å². The van der Waals surface area contributed by atoms with Crippen molar-refractivity contribution < 1.29 is 0 Å². The zero-order valence-corrected chi connectivity index (χ0v) is 10.4. The summed E-state index contributed by atoms with van der Waals surface area (Å²) in [5.41, 5.74) is 2.62. The van der Waals surface area contributed by atoms with Crippen LogP contribution in [-0.4, -0.2) is 18.0 Å². The second-order valence-corrected chi connectivity index (χ2v) is 4.35. The highest BCUT2D eigenvalue weighted by atomic mass is 15.1. The van der Waals surface area contributed by atoms with Crippen LogP contribution < -0.4 is 0 Å². The van der Waals surface area contributed by atoms with Gasteiger partial charge in [-0.25, -0.2) is 0 Å². The molecule has 0 bridgehead atoms. The van der Waals surface area contributed by atoms with E-state index in [-0.39, 0.29) is 5.92 Å². The van der Waals surface area contributed by atoms with E-state index in [9.17, 15) is 0 Å². The summed E-state index contributed by atoms with van der Waals surface area (Å²) in [5.74, 6) is 0.102. The molecule has 0 heterocycles. The van der Waals surface area contributed by atoms with Crippen LogP contribution in [0.3, 0.4) is 0 Å². The molecule has 0 N–H and O–H groups in total. The Morgan fingerprint density at radius 1 is 1.44 bits per heavy atom. The Kier molecular flexibility index (Phi) is 5.01. The maximum absolute atomic E-state index is 8.81. The van der Waals surface area contributed by atoms with Gasteiger partial charge in [0, 0.05) is 13.1 Å². The van der Waals surface area contributed by atoms with Gasteiger partial charge < -0.3 is 0 Å². The van der Waals surface area contributed by atoms with E-state index in [1.165, 1.54) is 11.1 Å². The van der Waals surface area contributed by atoms with Crippen molar-refractivity contribution >= 4 is 0 Å². The van der Waals surface area contributed by atoms with Crippen LogP contribution in [0.15, 0.2) is 24.3 Å². The molecule has 0 aliphatic heterocycles.